The summed E-state index contributed by atoms with van der Waals surface area (Å²) in [5.41, 5.74) is 1.73. The number of para-hydroxylation sites is 1. The van der Waals surface area contributed by atoms with Crippen molar-refractivity contribution in [2.24, 2.45) is 0 Å². The molecule has 0 aliphatic carbocycles. The molecule has 2 heterocycles. The van der Waals surface area contributed by atoms with Crippen molar-refractivity contribution in [1.82, 2.24) is 4.98 Å². The second-order valence-electron chi connectivity index (χ2n) is 4.26. The summed E-state index contributed by atoms with van der Waals surface area (Å²) in [6.07, 6.45) is 0.189. The molecule has 2 aromatic rings. The summed E-state index contributed by atoms with van der Waals surface area (Å²) in [5, 5.41) is 0.935. The Morgan fingerprint density at radius 1 is 1.53 bits per heavy atom. The number of hydrogen-bond donors (Lipinski definition) is 1. The maximum absolute atomic E-state index is 11.5. The van der Waals surface area contributed by atoms with E-state index in [2.05, 4.69) is 4.98 Å². The van der Waals surface area contributed by atoms with Crippen LogP contribution in [0.3, 0.4) is 0 Å². The van der Waals surface area contributed by atoms with Gasteiger partial charge in [-0.2, -0.15) is 0 Å². The first-order chi connectivity index (χ1) is 8.24. The van der Waals surface area contributed by atoms with Crippen LogP contribution in [0.25, 0.3) is 10.9 Å². The molecule has 88 valence electrons. The lowest BCUT2D eigenvalue weighted by Crippen LogP contribution is -2.10. The molecule has 1 aromatic carbocycles. The zero-order chi connectivity index (χ0) is 11.8. The Morgan fingerprint density at radius 2 is 2.35 bits per heavy atom. The second-order valence-corrected chi connectivity index (χ2v) is 4.26. The van der Waals surface area contributed by atoms with Crippen LogP contribution in [0.15, 0.2) is 29.1 Å². The summed E-state index contributed by atoms with van der Waals surface area (Å²) in [5.74, 6) is 0.628. The molecule has 4 heteroatoms. The van der Waals surface area contributed by atoms with Gasteiger partial charge in [-0.25, -0.2) is 0 Å². The molecule has 17 heavy (non-hydrogen) atoms. The number of rotatable bonds is 3. The minimum absolute atomic E-state index is 0.140. The fourth-order valence-electron chi connectivity index (χ4n) is 1.86. The average Bonchev–Trinajstić information content (AvgIpc) is 3.11. The number of aryl methyl sites for hydroxylation is 1. The molecule has 1 aliphatic heterocycles. The zero-order valence-corrected chi connectivity index (χ0v) is 9.53. The minimum atomic E-state index is -0.140. The van der Waals surface area contributed by atoms with E-state index < -0.39 is 0 Å². The van der Waals surface area contributed by atoms with Gasteiger partial charge in [-0.05, 0) is 18.6 Å². The lowest BCUT2D eigenvalue weighted by Gasteiger charge is -2.08. The molecule has 1 fully saturated rings. The predicted octanol–water partition coefficient (Wildman–Crippen LogP) is 1.61. The topological polar surface area (TPSA) is 54.6 Å². The van der Waals surface area contributed by atoms with Gasteiger partial charge < -0.3 is 14.5 Å². The minimum Gasteiger partial charge on any atom is -0.490 e. The highest BCUT2D eigenvalue weighted by atomic mass is 16.6. The van der Waals surface area contributed by atoms with Crippen LogP contribution in [0.1, 0.15) is 5.56 Å². The van der Waals surface area contributed by atoms with Crippen LogP contribution in [0.4, 0.5) is 0 Å². The molecule has 4 nitrogen and oxygen atoms in total. The van der Waals surface area contributed by atoms with Crippen molar-refractivity contribution in [2.45, 2.75) is 13.0 Å². The molecule has 0 spiro atoms. The van der Waals surface area contributed by atoms with Crippen molar-refractivity contribution in [1.29, 1.82) is 0 Å². The van der Waals surface area contributed by atoms with Gasteiger partial charge >= 0.3 is 0 Å². The number of aromatic amines is 1. The fraction of sp³-hybridized carbons (Fsp3) is 0.308. The smallest absolute Gasteiger partial charge is 0.252 e. The zero-order valence-electron chi connectivity index (χ0n) is 9.53. The Kier molecular flexibility index (Phi) is 2.37. The molecular weight excluding hydrogens is 218 g/mol. The average molecular weight is 231 g/mol. The standard InChI is InChI=1S/C13H13NO3/c1-8-3-2-4-10-11(17-7-9-6-16-9)5-12(15)14-13(8)10/h2-5,9H,6-7H2,1H3,(H,14,15). The van der Waals surface area contributed by atoms with Gasteiger partial charge in [0.15, 0.2) is 0 Å². The quantitative estimate of drug-likeness (QED) is 0.816. The molecule has 1 N–H and O–H groups in total. The third-order valence-corrected chi connectivity index (χ3v) is 2.88. The van der Waals surface area contributed by atoms with E-state index >= 15 is 0 Å². The second kappa shape index (κ2) is 3.89. The molecule has 1 aliphatic rings. The van der Waals surface area contributed by atoms with E-state index in [0.29, 0.717) is 12.4 Å². The number of epoxide rings is 1. The molecule has 0 amide bonds. The number of pyridine rings is 1. The summed E-state index contributed by atoms with van der Waals surface area (Å²) in [6.45, 7) is 3.22. The van der Waals surface area contributed by atoms with E-state index in [0.717, 1.165) is 23.1 Å². The number of benzene rings is 1. The van der Waals surface area contributed by atoms with Crippen LogP contribution in [0.2, 0.25) is 0 Å². The van der Waals surface area contributed by atoms with Crippen LogP contribution >= 0.6 is 0 Å². The number of fused-ring (bicyclic) bond motifs is 1. The molecule has 0 bridgehead atoms. The Labute approximate surface area is 98.2 Å². The molecule has 0 radical (unpaired) electrons. The summed E-state index contributed by atoms with van der Waals surface area (Å²) in [6, 6.07) is 7.36. The lowest BCUT2D eigenvalue weighted by atomic mass is 10.1. The summed E-state index contributed by atoms with van der Waals surface area (Å²) in [4.78, 5) is 14.4. The van der Waals surface area contributed by atoms with E-state index in [1.807, 2.05) is 25.1 Å². The van der Waals surface area contributed by atoms with Gasteiger partial charge in [-0.15, -0.1) is 0 Å². The number of aromatic nitrogens is 1. The third kappa shape index (κ3) is 2.03. The fourth-order valence-corrected chi connectivity index (χ4v) is 1.86. The number of H-pyrrole nitrogens is 1. The van der Waals surface area contributed by atoms with Crippen LogP contribution in [0.5, 0.6) is 5.75 Å². The molecular formula is C13H13NO3. The maximum atomic E-state index is 11.5. The van der Waals surface area contributed by atoms with Gasteiger partial charge in [-0.3, -0.25) is 4.79 Å². The molecule has 3 rings (SSSR count). The summed E-state index contributed by atoms with van der Waals surface area (Å²) < 4.78 is 10.7. The SMILES string of the molecule is Cc1cccc2c(OCC3CO3)cc(=O)[nH]c12. The van der Waals surface area contributed by atoms with Crippen molar-refractivity contribution in [3.63, 3.8) is 0 Å². The first-order valence-corrected chi connectivity index (χ1v) is 5.61. The van der Waals surface area contributed by atoms with Crippen molar-refractivity contribution in [3.8, 4) is 5.75 Å². The monoisotopic (exact) mass is 231 g/mol. The van der Waals surface area contributed by atoms with Crippen LogP contribution < -0.4 is 10.3 Å². The Morgan fingerprint density at radius 3 is 3.12 bits per heavy atom. The summed E-state index contributed by atoms with van der Waals surface area (Å²) in [7, 11) is 0. The van der Waals surface area contributed by atoms with E-state index in [9.17, 15) is 4.79 Å². The largest absolute Gasteiger partial charge is 0.490 e. The number of ether oxygens (including phenoxy) is 2. The Hall–Kier alpha value is -1.81. The molecule has 1 atom stereocenters. The third-order valence-electron chi connectivity index (χ3n) is 2.88. The van der Waals surface area contributed by atoms with Gasteiger partial charge in [0.2, 0.25) is 0 Å². The molecule has 0 saturated carbocycles. The van der Waals surface area contributed by atoms with Gasteiger partial charge in [0.05, 0.1) is 12.1 Å². The molecule has 1 unspecified atom stereocenters. The van der Waals surface area contributed by atoms with Crippen molar-refractivity contribution < 1.29 is 9.47 Å². The van der Waals surface area contributed by atoms with Crippen molar-refractivity contribution in [3.05, 3.63) is 40.2 Å². The Bertz CT molecular complexity index is 614. The highest BCUT2D eigenvalue weighted by Gasteiger charge is 2.23. The molecule has 1 aromatic heterocycles. The van der Waals surface area contributed by atoms with Gasteiger partial charge in [0.25, 0.3) is 5.56 Å². The first kappa shape index (κ1) is 10.4. The number of nitrogens with one attached hydrogen (secondary N) is 1. The van der Waals surface area contributed by atoms with Crippen LogP contribution in [-0.2, 0) is 4.74 Å². The number of hydrogen-bond acceptors (Lipinski definition) is 3. The van der Waals surface area contributed by atoms with Gasteiger partial charge in [0.1, 0.15) is 18.5 Å². The highest BCUT2D eigenvalue weighted by Crippen LogP contribution is 2.25. The van der Waals surface area contributed by atoms with Crippen molar-refractivity contribution >= 4 is 10.9 Å². The molecule has 1 saturated heterocycles. The summed E-state index contributed by atoms with van der Waals surface area (Å²) >= 11 is 0. The van der Waals surface area contributed by atoms with Gasteiger partial charge in [0, 0.05) is 11.5 Å². The van der Waals surface area contributed by atoms with E-state index in [-0.39, 0.29) is 11.7 Å². The van der Waals surface area contributed by atoms with E-state index in [4.69, 9.17) is 9.47 Å². The lowest BCUT2D eigenvalue weighted by molar-refractivity contribution is 0.265. The van der Waals surface area contributed by atoms with E-state index in [1.54, 1.807) is 0 Å². The van der Waals surface area contributed by atoms with Crippen molar-refractivity contribution in [2.75, 3.05) is 13.2 Å². The van der Waals surface area contributed by atoms with E-state index in [1.165, 1.54) is 6.07 Å². The van der Waals surface area contributed by atoms with Crippen LogP contribution in [-0.4, -0.2) is 24.3 Å². The van der Waals surface area contributed by atoms with Gasteiger partial charge in [-0.1, -0.05) is 12.1 Å². The Balaban J connectivity index is 2.08. The predicted molar refractivity (Wildman–Crippen MR) is 64.5 cm³/mol. The maximum Gasteiger partial charge on any atom is 0.252 e. The van der Waals surface area contributed by atoms with Crippen LogP contribution in [0, 0.1) is 6.92 Å². The first-order valence-electron chi connectivity index (χ1n) is 5.61. The highest BCUT2D eigenvalue weighted by molar-refractivity contribution is 5.87. The normalized spacial score (nSPS) is 18.3.